The van der Waals surface area contributed by atoms with Crippen LogP contribution in [0.4, 0.5) is 17.6 Å². The molecule has 0 saturated carbocycles. The highest BCUT2D eigenvalue weighted by molar-refractivity contribution is 7.98. The Kier molecular flexibility index (Phi) is 5.41. The Morgan fingerprint density at radius 1 is 1.15 bits per heavy atom. The van der Waals surface area contributed by atoms with Crippen LogP contribution in [-0.2, 0) is 18.3 Å². The van der Waals surface area contributed by atoms with Crippen molar-refractivity contribution in [1.29, 1.82) is 0 Å². The molecule has 0 atom stereocenters. The van der Waals surface area contributed by atoms with Crippen LogP contribution in [0.25, 0.3) is 5.69 Å². The Labute approximate surface area is 156 Å². The molecule has 3 rings (SSSR count). The summed E-state index contributed by atoms with van der Waals surface area (Å²) in [5, 5.41) is 17.5. The van der Waals surface area contributed by atoms with E-state index in [1.54, 1.807) is 12.1 Å². The highest BCUT2D eigenvalue weighted by atomic mass is 32.2. The number of nitrogens with zero attached hydrogens (tertiary/aromatic N) is 3. The number of hydrogen-bond acceptors (Lipinski definition) is 4. The van der Waals surface area contributed by atoms with E-state index >= 15 is 0 Å². The highest BCUT2D eigenvalue weighted by Gasteiger charge is 2.34. The Balaban J connectivity index is 1.73. The summed E-state index contributed by atoms with van der Waals surface area (Å²) in [6.07, 6.45) is -2.50. The molecule has 0 spiro atoms. The quantitative estimate of drug-likeness (QED) is 0.487. The number of rotatable bonds is 5. The Bertz CT molecular complexity index is 956. The van der Waals surface area contributed by atoms with Crippen LogP contribution in [0.3, 0.4) is 0 Å². The number of phenolic OH excluding ortho intramolecular Hbond substituents is 1. The van der Waals surface area contributed by atoms with Gasteiger partial charge in [0.2, 0.25) is 0 Å². The zero-order valence-corrected chi connectivity index (χ0v) is 15.0. The van der Waals surface area contributed by atoms with Crippen LogP contribution in [0.15, 0.2) is 47.5 Å². The van der Waals surface area contributed by atoms with Gasteiger partial charge in [-0.3, -0.25) is 0 Å². The lowest BCUT2D eigenvalue weighted by atomic mass is 10.1. The summed E-state index contributed by atoms with van der Waals surface area (Å²) in [6.45, 7) is 1.94. The number of phenols is 1. The predicted molar refractivity (Wildman–Crippen MR) is 93.4 cm³/mol. The zero-order chi connectivity index (χ0) is 19.6. The van der Waals surface area contributed by atoms with Crippen LogP contribution < -0.4 is 0 Å². The minimum absolute atomic E-state index is 0.155. The first kappa shape index (κ1) is 19.2. The van der Waals surface area contributed by atoms with Gasteiger partial charge in [-0.25, -0.2) is 9.07 Å². The van der Waals surface area contributed by atoms with Crippen molar-refractivity contribution in [3.05, 3.63) is 65.2 Å². The summed E-state index contributed by atoms with van der Waals surface area (Å²) in [5.41, 5.74) is 0.263. The van der Waals surface area contributed by atoms with E-state index in [2.05, 4.69) is 10.3 Å². The molecular weight excluding hydrogens is 382 g/mol. The third-order valence-electron chi connectivity index (χ3n) is 3.88. The van der Waals surface area contributed by atoms with Crippen molar-refractivity contribution < 1.29 is 22.7 Å². The maximum atomic E-state index is 13.7. The third kappa shape index (κ3) is 4.41. The fourth-order valence-electron chi connectivity index (χ4n) is 2.46. The molecule has 1 N–H and O–H groups in total. The minimum Gasteiger partial charge on any atom is -0.508 e. The van der Waals surface area contributed by atoms with Crippen LogP contribution >= 0.6 is 11.8 Å². The van der Waals surface area contributed by atoms with Gasteiger partial charge in [0.25, 0.3) is 0 Å². The van der Waals surface area contributed by atoms with Crippen molar-refractivity contribution in [2.45, 2.75) is 30.2 Å². The summed E-state index contributed by atoms with van der Waals surface area (Å²) < 4.78 is 52.8. The highest BCUT2D eigenvalue weighted by Crippen LogP contribution is 2.32. The summed E-state index contributed by atoms with van der Waals surface area (Å²) >= 11 is 1.48. The van der Waals surface area contributed by atoms with E-state index in [4.69, 9.17) is 0 Å². The number of hydrogen-bond donors (Lipinski definition) is 1. The maximum absolute atomic E-state index is 13.7. The molecule has 2 aromatic carbocycles. The summed E-state index contributed by atoms with van der Waals surface area (Å²) in [4.78, 5) is 0.944. The molecule has 0 radical (unpaired) electrons. The van der Waals surface area contributed by atoms with E-state index in [0.29, 0.717) is 23.9 Å². The second-order valence-corrected chi connectivity index (χ2v) is 6.80. The van der Waals surface area contributed by atoms with Crippen molar-refractivity contribution >= 4 is 11.8 Å². The van der Waals surface area contributed by atoms with E-state index in [1.807, 2.05) is 13.0 Å². The van der Waals surface area contributed by atoms with Gasteiger partial charge in [-0.1, -0.05) is 12.1 Å². The van der Waals surface area contributed by atoms with E-state index in [9.17, 15) is 22.7 Å². The molecule has 0 aliphatic heterocycles. The average Bonchev–Trinajstić information content (AvgIpc) is 3.09. The number of aromatic hydroxyl groups is 1. The van der Waals surface area contributed by atoms with Crippen LogP contribution in [0.5, 0.6) is 5.75 Å². The van der Waals surface area contributed by atoms with Gasteiger partial charge in [0, 0.05) is 16.7 Å². The van der Waals surface area contributed by atoms with Crippen molar-refractivity contribution in [3.8, 4) is 11.4 Å². The molecule has 0 aliphatic rings. The van der Waals surface area contributed by atoms with Crippen molar-refractivity contribution in [1.82, 2.24) is 15.0 Å². The van der Waals surface area contributed by atoms with Crippen LogP contribution in [0.1, 0.15) is 23.7 Å². The molecule has 4 nitrogen and oxygen atoms in total. The van der Waals surface area contributed by atoms with Crippen molar-refractivity contribution in [3.63, 3.8) is 0 Å². The first-order chi connectivity index (χ1) is 12.8. The molecule has 142 valence electrons. The molecule has 0 aliphatic carbocycles. The smallest absolute Gasteiger partial charge is 0.419 e. The molecule has 1 aromatic heterocycles. The Morgan fingerprint density at radius 2 is 1.93 bits per heavy atom. The lowest BCUT2D eigenvalue weighted by Gasteiger charge is -2.09. The molecule has 0 bridgehead atoms. The third-order valence-corrected chi connectivity index (χ3v) is 4.91. The minimum atomic E-state index is -4.74. The number of aryl methyl sites for hydroxylation is 1. The number of alkyl halides is 3. The molecule has 0 unspecified atom stereocenters. The number of thioether (sulfide) groups is 1. The Morgan fingerprint density at radius 3 is 2.59 bits per heavy atom. The van der Waals surface area contributed by atoms with Gasteiger partial charge in [0.15, 0.2) is 0 Å². The fourth-order valence-corrected chi connectivity index (χ4v) is 3.30. The van der Waals surface area contributed by atoms with Gasteiger partial charge >= 0.3 is 6.18 Å². The van der Waals surface area contributed by atoms with Gasteiger partial charge < -0.3 is 5.11 Å². The molecule has 3 aromatic rings. The molecule has 1 heterocycles. The molecule has 27 heavy (non-hydrogen) atoms. The fraction of sp³-hybridized carbons (Fsp3) is 0.222. The van der Waals surface area contributed by atoms with E-state index < -0.39 is 17.6 Å². The average molecular weight is 397 g/mol. The Hall–Kier alpha value is -2.55. The number of aromatic nitrogens is 3. The van der Waals surface area contributed by atoms with Crippen LogP contribution in [-0.4, -0.2) is 20.1 Å². The van der Waals surface area contributed by atoms with Crippen molar-refractivity contribution in [2.75, 3.05) is 0 Å². The molecular formula is C18H15F4N3OS. The molecule has 0 fully saturated rings. The van der Waals surface area contributed by atoms with Crippen LogP contribution in [0, 0.1) is 5.82 Å². The first-order valence-electron chi connectivity index (χ1n) is 8.01. The van der Waals surface area contributed by atoms with Gasteiger partial charge in [-0.05, 0) is 42.3 Å². The monoisotopic (exact) mass is 397 g/mol. The van der Waals surface area contributed by atoms with Gasteiger partial charge in [0.05, 0.1) is 23.1 Å². The SMILES string of the molecule is CCc1cc(SCc2cn(-c3ccc(C(F)(F)F)c(F)c3)nn2)ccc1O. The summed E-state index contributed by atoms with van der Waals surface area (Å²) in [7, 11) is 0. The van der Waals surface area contributed by atoms with Gasteiger partial charge in [0.1, 0.15) is 11.6 Å². The van der Waals surface area contributed by atoms with Crippen LogP contribution in [0.2, 0.25) is 0 Å². The molecule has 0 saturated heterocycles. The topological polar surface area (TPSA) is 50.9 Å². The summed E-state index contributed by atoms with van der Waals surface area (Å²) in [6, 6.07) is 7.91. The standard InChI is InChI=1S/C18H15F4N3OS/c1-2-11-7-14(4-6-17(11)26)27-10-12-9-25(24-23-12)13-3-5-15(16(19)8-13)18(20,21)22/h3-9,26H,2,10H2,1H3. The number of halogens is 4. The van der Waals surface area contributed by atoms with Gasteiger partial charge in [-0.2, -0.15) is 13.2 Å². The zero-order valence-electron chi connectivity index (χ0n) is 14.2. The second kappa shape index (κ2) is 7.59. The predicted octanol–water partition coefficient (Wildman–Crippen LogP) is 4.99. The van der Waals surface area contributed by atoms with E-state index in [1.165, 1.54) is 22.6 Å². The van der Waals surface area contributed by atoms with Crippen molar-refractivity contribution in [2.24, 2.45) is 0 Å². The molecule has 0 amide bonds. The normalized spacial score (nSPS) is 11.7. The lowest BCUT2D eigenvalue weighted by molar-refractivity contribution is -0.139. The maximum Gasteiger partial charge on any atom is 0.419 e. The first-order valence-corrected chi connectivity index (χ1v) is 8.99. The second-order valence-electron chi connectivity index (χ2n) is 5.75. The number of benzene rings is 2. The van der Waals surface area contributed by atoms with E-state index in [-0.39, 0.29) is 11.4 Å². The van der Waals surface area contributed by atoms with E-state index in [0.717, 1.165) is 22.6 Å². The summed E-state index contributed by atoms with van der Waals surface area (Å²) in [5.74, 6) is -0.642. The largest absolute Gasteiger partial charge is 0.508 e. The molecule has 9 heteroatoms. The lowest BCUT2D eigenvalue weighted by Crippen LogP contribution is -2.09. The van der Waals surface area contributed by atoms with Gasteiger partial charge in [-0.15, -0.1) is 16.9 Å².